The van der Waals surface area contributed by atoms with Gasteiger partial charge in [-0.25, -0.2) is 4.79 Å². The highest BCUT2D eigenvalue weighted by atomic mass is 16.5. The molecule has 0 aliphatic carbocycles. The number of hydrogen-bond acceptors (Lipinski definition) is 5. The van der Waals surface area contributed by atoms with Gasteiger partial charge in [-0.3, -0.25) is 4.79 Å². The Bertz CT molecular complexity index is 762. The van der Waals surface area contributed by atoms with Crippen LogP contribution in [-0.2, 0) is 4.74 Å². The molecule has 2 N–H and O–H groups in total. The number of carboxylic acids is 1. The summed E-state index contributed by atoms with van der Waals surface area (Å²) in [5.74, 6) is -1.31. The summed E-state index contributed by atoms with van der Waals surface area (Å²) in [6, 6.07) is 8.02. The normalized spacial score (nSPS) is 20.3. The highest BCUT2D eigenvalue weighted by molar-refractivity contribution is 6.03. The Kier molecular flexibility index (Phi) is 4.76. The molecule has 7 heteroatoms. The van der Waals surface area contributed by atoms with Crippen LogP contribution in [0.15, 0.2) is 41.0 Å². The number of furan rings is 1. The van der Waals surface area contributed by atoms with Gasteiger partial charge in [0.05, 0.1) is 29.7 Å². The molecular formula is C18H20N2O5. The Balaban J connectivity index is 1.85. The number of benzene rings is 1. The first-order chi connectivity index (χ1) is 11.9. The van der Waals surface area contributed by atoms with E-state index in [1.165, 1.54) is 18.4 Å². The molecule has 7 nitrogen and oxygen atoms in total. The van der Waals surface area contributed by atoms with E-state index in [1.807, 2.05) is 18.7 Å². The zero-order chi connectivity index (χ0) is 18.0. The monoisotopic (exact) mass is 344 g/mol. The molecule has 0 spiro atoms. The molecule has 1 aromatic heterocycles. The van der Waals surface area contributed by atoms with Gasteiger partial charge in [-0.15, -0.1) is 0 Å². The topological polar surface area (TPSA) is 92.0 Å². The molecule has 25 heavy (non-hydrogen) atoms. The molecular weight excluding hydrogens is 324 g/mol. The first-order valence-electron chi connectivity index (χ1n) is 8.06. The predicted molar refractivity (Wildman–Crippen MR) is 92.3 cm³/mol. The van der Waals surface area contributed by atoms with Crippen molar-refractivity contribution in [2.24, 2.45) is 0 Å². The maximum absolute atomic E-state index is 12.0. The average Bonchev–Trinajstić information content (AvgIpc) is 3.08. The minimum absolute atomic E-state index is 0.0173. The molecule has 2 heterocycles. The molecule has 1 amide bonds. The standard InChI is InChI=1S/C18H20N2O5/c1-11-9-20(10-12(2)25-11)15-6-5-13(8-14(15)18(22)23)19-17(21)16-4-3-7-24-16/h3-8,11-12H,9-10H2,1-2H3,(H,19,21)(H,22,23)/t11-,12-/m0/s1. The number of nitrogens with one attached hydrogen (secondary N) is 1. The zero-order valence-electron chi connectivity index (χ0n) is 14.1. The van der Waals surface area contributed by atoms with Crippen LogP contribution in [0.4, 0.5) is 11.4 Å². The van der Waals surface area contributed by atoms with E-state index in [9.17, 15) is 14.7 Å². The number of carbonyl (C=O) groups is 2. The molecule has 1 aliphatic heterocycles. The summed E-state index contributed by atoms with van der Waals surface area (Å²) in [5, 5.41) is 12.2. The number of nitrogens with zero attached hydrogens (tertiary/aromatic N) is 1. The van der Waals surface area contributed by atoms with Gasteiger partial charge in [0.2, 0.25) is 0 Å². The number of hydrogen-bond donors (Lipinski definition) is 2. The fourth-order valence-corrected chi connectivity index (χ4v) is 3.04. The summed E-state index contributed by atoms with van der Waals surface area (Å²) in [6.07, 6.45) is 1.44. The lowest BCUT2D eigenvalue weighted by molar-refractivity contribution is -0.00531. The number of aromatic carboxylic acids is 1. The third kappa shape index (κ3) is 3.83. The summed E-state index contributed by atoms with van der Waals surface area (Å²) in [6.45, 7) is 5.15. The molecule has 132 valence electrons. The Morgan fingerprint density at radius 1 is 1.20 bits per heavy atom. The predicted octanol–water partition coefficient (Wildman–Crippen LogP) is 2.84. The van der Waals surface area contributed by atoms with Crippen LogP contribution in [0.3, 0.4) is 0 Å². The van der Waals surface area contributed by atoms with Gasteiger partial charge in [-0.1, -0.05) is 0 Å². The number of morpholine rings is 1. The second-order valence-electron chi connectivity index (χ2n) is 6.13. The highest BCUT2D eigenvalue weighted by Gasteiger charge is 2.26. The number of amides is 1. The maximum Gasteiger partial charge on any atom is 0.337 e. The summed E-state index contributed by atoms with van der Waals surface area (Å²) in [5.41, 5.74) is 1.15. The molecule has 3 rings (SSSR count). The molecule has 2 atom stereocenters. The second kappa shape index (κ2) is 6.98. The molecule has 1 aromatic carbocycles. The van der Waals surface area contributed by atoms with Crippen LogP contribution in [-0.4, -0.2) is 42.3 Å². The van der Waals surface area contributed by atoms with E-state index in [0.29, 0.717) is 24.5 Å². The molecule has 0 bridgehead atoms. The van der Waals surface area contributed by atoms with Gasteiger partial charge in [0.15, 0.2) is 5.76 Å². The van der Waals surface area contributed by atoms with Crippen LogP contribution in [0.2, 0.25) is 0 Å². The minimum atomic E-state index is -1.05. The molecule has 0 radical (unpaired) electrons. The molecule has 1 saturated heterocycles. The number of anilines is 2. The SMILES string of the molecule is C[C@H]1CN(c2ccc(NC(=O)c3ccco3)cc2C(=O)O)C[C@H](C)O1. The van der Waals surface area contributed by atoms with Crippen LogP contribution >= 0.6 is 0 Å². The largest absolute Gasteiger partial charge is 0.478 e. The summed E-state index contributed by atoms with van der Waals surface area (Å²) < 4.78 is 10.7. The third-order valence-electron chi connectivity index (χ3n) is 3.99. The van der Waals surface area contributed by atoms with E-state index >= 15 is 0 Å². The fourth-order valence-electron chi connectivity index (χ4n) is 3.04. The Morgan fingerprint density at radius 2 is 1.92 bits per heavy atom. The number of ether oxygens (including phenoxy) is 1. The lowest BCUT2D eigenvalue weighted by Crippen LogP contribution is -2.46. The highest BCUT2D eigenvalue weighted by Crippen LogP contribution is 2.27. The second-order valence-corrected chi connectivity index (χ2v) is 6.13. The van der Waals surface area contributed by atoms with E-state index in [4.69, 9.17) is 9.15 Å². The van der Waals surface area contributed by atoms with E-state index in [0.717, 1.165) is 0 Å². The van der Waals surface area contributed by atoms with E-state index in [1.54, 1.807) is 18.2 Å². The van der Waals surface area contributed by atoms with Crippen LogP contribution in [0, 0.1) is 0 Å². The number of rotatable bonds is 4. The third-order valence-corrected chi connectivity index (χ3v) is 3.99. The van der Waals surface area contributed by atoms with Crippen LogP contribution in [0.5, 0.6) is 0 Å². The van der Waals surface area contributed by atoms with Crippen molar-refractivity contribution in [1.82, 2.24) is 0 Å². The Morgan fingerprint density at radius 3 is 2.52 bits per heavy atom. The van der Waals surface area contributed by atoms with Gasteiger partial charge in [0, 0.05) is 18.8 Å². The van der Waals surface area contributed by atoms with Crippen LogP contribution < -0.4 is 10.2 Å². The van der Waals surface area contributed by atoms with Gasteiger partial charge in [0.25, 0.3) is 5.91 Å². The molecule has 0 unspecified atom stereocenters. The van der Waals surface area contributed by atoms with E-state index in [-0.39, 0.29) is 23.5 Å². The van der Waals surface area contributed by atoms with Gasteiger partial charge in [-0.2, -0.15) is 0 Å². The fraction of sp³-hybridized carbons (Fsp3) is 0.333. The lowest BCUT2D eigenvalue weighted by atomic mass is 10.1. The van der Waals surface area contributed by atoms with Crippen LogP contribution in [0.1, 0.15) is 34.8 Å². The van der Waals surface area contributed by atoms with Gasteiger partial charge >= 0.3 is 5.97 Å². The van der Waals surface area contributed by atoms with E-state index < -0.39 is 11.9 Å². The van der Waals surface area contributed by atoms with Gasteiger partial charge in [0.1, 0.15) is 0 Å². The molecule has 2 aromatic rings. The Labute approximate surface area is 145 Å². The van der Waals surface area contributed by atoms with Crippen LogP contribution in [0.25, 0.3) is 0 Å². The molecule has 0 saturated carbocycles. The summed E-state index contributed by atoms with van der Waals surface area (Å²) in [4.78, 5) is 25.8. The van der Waals surface area contributed by atoms with Crippen molar-refractivity contribution in [2.75, 3.05) is 23.3 Å². The summed E-state index contributed by atoms with van der Waals surface area (Å²) in [7, 11) is 0. The minimum Gasteiger partial charge on any atom is -0.478 e. The van der Waals surface area contributed by atoms with Crippen molar-refractivity contribution >= 4 is 23.3 Å². The average molecular weight is 344 g/mol. The van der Waals surface area contributed by atoms with Gasteiger partial charge < -0.3 is 24.5 Å². The van der Waals surface area contributed by atoms with Crippen molar-refractivity contribution in [1.29, 1.82) is 0 Å². The van der Waals surface area contributed by atoms with Crippen molar-refractivity contribution in [3.05, 3.63) is 47.9 Å². The van der Waals surface area contributed by atoms with Crippen molar-refractivity contribution in [3.8, 4) is 0 Å². The maximum atomic E-state index is 12.0. The van der Waals surface area contributed by atoms with E-state index in [2.05, 4.69) is 5.32 Å². The summed E-state index contributed by atoms with van der Waals surface area (Å²) >= 11 is 0. The number of carbonyl (C=O) groups excluding carboxylic acids is 1. The number of carboxylic acid groups (broad SMARTS) is 1. The smallest absolute Gasteiger partial charge is 0.337 e. The quantitative estimate of drug-likeness (QED) is 0.886. The molecule has 1 fully saturated rings. The van der Waals surface area contributed by atoms with Crippen molar-refractivity contribution in [3.63, 3.8) is 0 Å². The lowest BCUT2D eigenvalue weighted by Gasteiger charge is -2.37. The van der Waals surface area contributed by atoms with Crippen molar-refractivity contribution in [2.45, 2.75) is 26.1 Å². The zero-order valence-corrected chi connectivity index (χ0v) is 14.1. The Hall–Kier alpha value is -2.80. The molecule has 1 aliphatic rings. The van der Waals surface area contributed by atoms with Gasteiger partial charge in [-0.05, 0) is 44.2 Å². The first-order valence-corrected chi connectivity index (χ1v) is 8.06. The first kappa shape index (κ1) is 17.0. The van der Waals surface area contributed by atoms with Crippen molar-refractivity contribution < 1.29 is 23.8 Å².